The monoisotopic (exact) mass is 505 g/mol. The van der Waals surface area contributed by atoms with Crippen LogP contribution in [0.15, 0.2) is 54.7 Å². The fourth-order valence-corrected chi connectivity index (χ4v) is 5.84. The SMILES string of the molecule is COc1cccc(-n2c(C)cc([C@H]3[C@H](c4ccccn4)NC(=S)N3CCCN3CCOCC3)c2C)c1. The molecule has 0 aliphatic carbocycles. The van der Waals surface area contributed by atoms with Gasteiger partial charge in [-0.2, -0.15) is 0 Å². The molecule has 0 saturated carbocycles. The lowest BCUT2D eigenvalue weighted by atomic mass is 9.96. The number of benzene rings is 1. The second kappa shape index (κ2) is 11.0. The predicted molar refractivity (Wildman–Crippen MR) is 146 cm³/mol. The Labute approximate surface area is 219 Å². The van der Waals surface area contributed by atoms with Gasteiger partial charge in [-0.05, 0) is 68.4 Å². The standard InChI is InChI=1S/C28H35N5O2S/c1-20-18-24(21(2)33(20)22-8-6-9-23(19-22)34-3)27-26(25-10-4-5-11-29-25)30-28(36)32(27)13-7-12-31-14-16-35-17-15-31/h4-6,8-11,18-19,26-27H,7,12-17H2,1-3H3,(H,30,36)/t26-,27-/m0/s1. The van der Waals surface area contributed by atoms with Crippen molar-refractivity contribution in [3.63, 3.8) is 0 Å². The Balaban J connectivity index is 1.48. The number of pyridine rings is 1. The van der Waals surface area contributed by atoms with Crippen LogP contribution in [-0.4, -0.2) is 71.0 Å². The Morgan fingerprint density at radius 3 is 2.67 bits per heavy atom. The fourth-order valence-electron chi connectivity index (χ4n) is 5.51. The van der Waals surface area contributed by atoms with Crippen molar-refractivity contribution in [2.24, 2.45) is 0 Å². The quantitative estimate of drug-likeness (QED) is 0.461. The number of methoxy groups -OCH3 is 1. The molecule has 36 heavy (non-hydrogen) atoms. The molecule has 8 heteroatoms. The summed E-state index contributed by atoms with van der Waals surface area (Å²) in [5.74, 6) is 0.848. The summed E-state index contributed by atoms with van der Waals surface area (Å²) in [7, 11) is 1.71. The van der Waals surface area contributed by atoms with Gasteiger partial charge in [0.25, 0.3) is 0 Å². The first-order chi connectivity index (χ1) is 17.6. The summed E-state index contributed by atoms with van der Waals surface area (Å²) in [6, 6.07) is 16.7. The molecule has 4 heterocycles. The lowest BCUT2D eigenvalue weighted by Crippen LogP contribution is -2.39. The molecule has 0 spiro atoms. The molecule has 0 unspecified atom stereocenters. The Morgan fingerprint density at radius 1 is 1.08 bits per heavy atom. The smallest absolute Gasteiger partial charge is 0.170 e. The summed E-state index contributed by atoms with van der Waals surface area (Å²) >= 11 is 5.90. The van der Waals surface area contributed by atoms with E-state index in [0.29, 0.717) is 0 Å². The molecule has 2 atom stereocenters. The van der Waals surface area contributed by atoms with Crippen LogP contribution in [0.2, 0.25) is 0 Å². The van der Waals surface area contributed by atoms with E-state index in [2.05, 4.69) is 57.8 Å². The highest BCUT2D eigenvalue weighted by atomic mass is 32.1. The van der Waals surface area contributed by atoms with E-state index in [1.807, 2.05) is 30.5 Å². The average molecular weight is 506 g/mol. The Bertz CT molecular complexity index is 1190. The zero-order valence-corrected chi connectivity index (χ0v) is 22.1. The molecule has 2 aliphatic heterocycles. The predicted octanol–water partition coefficient (Wildman–Crippen LogP) is 4.19. The minimum Gasteiger partial charge on any atom is -0.497 e. The van der Waals surface area contributed by atoms with E-state index in [1.54, 1.807) is 7.11 Å². The van der Waals surface area contributed by atoms with Gasteiger partial charge in [-0.3, -0.25) is 9.88 Å². The van der Waals surface area contributed by atoms with Gasteiger partial charge < -0.3 is 24.3 Å². The van der Waals surface area contributed by atoms with Crippen LogP contribution >= 0.6 is 12.2 Å². The van der Waals surface area contributed by atoms with Gasteiger partial charge in [-0.15, -0.1) is 0 Å². The van der Waals surface area contributed by atoms with Crippen LogP contribution in [-0.2, 0) is 4.74 Å². The molecule has 7 nitrogen and oxygen atoms in total. The second-order valence-corrected chi connectivity index (χ2v) is 9.88. The molecule has 1 N–H and O–H groups in total. The summed E-state index contributed by atoms with van der Waals surface area (Å²) in [6.45, 7) is 9.95. The first kappa shape index (κ1) is 24.7. The maximum atomic E-state index is 5.90. The highest BCUT2D eigenvalue weighted by Gasteiger charge is 2.41. The van der Waals surface area contributed by atoms with Crippen LogP contribution in [0.4, 0.5) is 0 Å². The van der Waals surface area contributed by atoms with Gasteiger partial charge in [0.05, 0.1) is 38.1 Å². The highest BCUT2D eigenvalue weighted by molar-refractivity contribution is 7.80. The Hall–Kier alpha value is -2.94. The summed E-state index contributed by atoms with van der Waals surface area (Å²) in [4.78, 5) is 9.55. The fraction of sp³-hybridized carbons (Fsp3) is 0.429. The molecular formula is C28H35N5O2S. The van der Waals surface area contributed by atoms with Crippen molar-refractivity contribution in [2.75, 3.05) is 46.5 Å². The number of aromatic nitrogens is 2. The molecule has 0 amide bonds. The third-order valence-corrected chi connectivity index (χ3v) is 7.63. The maximum absolute atomic E-state index is 5.90. The number of hydrogen-bond acceptors (Lipinski definition) is 5. The number of nitrogens with one attached hydrogen (secondary N) is 1. The van der Waals surface area contributed by atoms with Crippen molar-refractivity contribution in [2.45, 2.75) is 32.4 Å². The van der Waals surface area contributed by atoms with Crippen molar-refractivity contribution >= 4 is 17.3 Å². The number of ether oxygens (including phenoxy) is 2. The molecule has 5 rings (SSSR count). The Kier molecular flexibility index (Phi) is 7.55. The molecule has 2 aliphatic rings. The molecule has 2 saturated heterocycles. The molecule has 3 aromatic rings. The van der Waals surface area contributed by atoms with Crippen LogP contribution in [0.3, 0.4) is 0 Å². The van der Waals surface area contributed by atoms with E-state index in [1.165, 1.54) is 17.0 Å². The Morgan fingerprint density at radius 2 is 1.92 bits per heavy atom. The maximum Gasteiger partial charge on any atom is 0.170 e. The first-order valence-corrected chi connectivity index (χ1v) is 13.1. The van der Waals surface area contributed by atoms with Gasteiger partial charge >= 0.3 is 0 Å². The third kappa shape index (κ3) is 4.98. The summed E-state index contributed by atoms with van der Waals surface area (Å²) < 4.78 is 13.3. The summed E-state index contributed by atoms with van der Waals surface area (Å²) in [5.41, 5.74) is 5.76. The minimum absolute atomic E-state index is 0.0126. The van der Waals surface area contributed by atoms with Crippen molar-refractivity contribution in [1.29, 1.82) is 0 Å². The van der Waals surface area contributed by atoms with Gasteiger partial charge in [0.2, 0.25) is 0 Å². The van der Waals surface area contributed by atoms with E-state index >= 15 is 0 Å². The van der Waals surface area contributed by atoms with Gasteiger partial charge in [-0.25, -0.2) is 0 Å². The topological polar surface area (TPSA) is 54.8 Å². The lowest BCUT2D eigenvalue weighted by molar-refractivity contribution is 0.0365. The number of morpholine rings is 1. The third-order valence-electron chi connectivity index (χ3n) is 7.28. The highest BCUT2D eigenvalue weighted by Crippen LogP contribution is 2.41. The molecule has 1 aromatic carbocycles. The first-order valence-electron chi connectivity index (χ1n) is 12.7. The molecule has 190 valence electrons. The molecule has 2 fully saturated rings. The zero-order chi connectivity index (χ0) is 25.1. The zero-order valence-electron chi connectivity index (χ0n) is 21.3. The average Bonchev–Trinajstić information content (AvgIpc) is 3.39. The van der Waals surface area contributed by atoms with E-state index in [9.17, 15) is 0 Å². The molecular weight excluding hydrogens is 470 g/mol. The van der Waals surface area contributed by atoms with Gasteiger partial charge in [0.15, 0.2) is 5.11 Å². The van der Waals surface area contributed by atoms with Gasteiger partial charge in [0, 0.05) is 55.5 Å². The van der Waals surface area contributed by atoms with E-state index in [-0.39, 0.29) is 12.1 Å². The second-order valence-electron chi connectivity index (χ2n) is 9.49. The number of rotatable bonds is 8. The van der Waals surface area contributed by atoms with Gasteiger partial charge in [0.1, 0.15) is 5.75 Å². The lowest BCUT2D eigenvalue weighted by Gasteiger charge is -2.30. The summed E-state index contributed by atoms with van der Waals surface area (Å²) in [6.07, 6.45) is 2.90. The summed E-state index contributed by atoms with van der Waals surface area (Å²) in [5, 5.41) is 4.40. The van der Waals surface area contributed by atoms with Crippen LogP contribution in [0.1, 0.15) is 41.1 Å². The molecule has 2 aromatic heterocycles. The van der Waals surface area contributed by atoms with E-state index in [4.69, 9.17) is 26.7 Å². The number of hydrogen-bond donors (Lipinski definition) is 1. The molecule has 0 bridgehead atoms. The van der Waals surface area contributed by atoms with Crippen molar-refractivity contribution < 1.29 is 9.47 Å². The van der Waals surface area contributed by atoms with Crippen LogP contribution in [0, 0.1) is 13.8 Å². The molecule has 0 radical (unpaired) electrons. The number of thiocarbonyl (C=S) groups is 1. The van der Waals surface area contributed by atoms with E-state index < -0.39 is 0 Å². The van der Waals surface area contributed by atoms with Crippen molar-refractivity contribution in [1.82, 2.24) is 24.7 Å². The van der Waals surface area contributed by atoms with Crippen LogP contribution < -0.4 is 10.1 Å². The number of nitrogens with zero attached hydrogens (tertiary/aromatic N) is 4. The van der Waals surface area contributed by atoms with Crippen LogP contribution in [0.25, 0.3) is 5.69 Å². The number of aryl methyl sites for hydroxylation is 1. The van der Waals surface area contributed by atoms with Gasteiger partial charge in [-0.1, -0.05) is 12.1 Å². The minimum atomic E-state index is -0.0126. The van der Waals surface area contributed by atoms with Crippen LogP contribution in [0.5, 0.6) is 5.75 Å². The van der Waals surface area contributed by atoms with E-state index in [0.717, 1.165) is 68.1 Å². The largest absolute Gasteiger partial charge is 0.497 e. The van der Waals surface area contributed by atoms with Crippen molar-refractivity contribution in [3.05, 3.63) is 77.4 Å². The van der Waals surface area contributed by atoms with Crippen molar-refractivity contribution in [3.8, 4) is 11.4 Å². The normalized spacial score (nSPS) is 20.5.